The van der Waals surface area contributed by atoms with Gasteiger partial charge in [-0.2, -0.15) is 0 Å². The molecule has 3 aromatic rings. The summed E-state index contributed by atoms with van der Waals surface area (Å²) in [5.74, 6) is 2.33. The molecule has 7 heteroatoms. The number of rotatable bonds is 8. The molecule has 0 fully saturated rings. The van der Waals surface area contributed by atoms with E-state index in [1.54, 1.807) is 31.4 Å². The first-order valence-electron chi connectivity index (χ1n) is 8.86. The van der Waals surface area contributed by atoms with Gasteiger partial charge in [0, 0.05) is 5.56 Å². The van der Waals surface area contributed by atoms with Crippen LogP contribution in [0.2, 0.25) is 0 Å². The average Bonchev–Trinajstić information content (AvgIpc) is 2.73. The Morgan fingerprint density at radius 2 is 1.54 bits per heavy atom. The van der Waals surface area contributed by atoms with Crippen LogP contribution in [0.3, 0.4) is 0 Å². The first kappa shape index (κ1) is 19.2. The lowest BCUT2D eigenvalue weighted by Crippen LogP contribution is -2.15. The van der Waals surface area contributed by atoms with Crippen molar-refractivity contribution in [3.63, 3.8) is 0 Å². The first-order chi connectivity index (χ1) is 13.6. The second-order valence-electron chi connectivity index (χ2n) is 6.07. The van der Waals surface area contributed by atoms with Crippen LogP contribution in [0.4, 0.5) is 11.6 Å². The quantitative estimate of drug-likeness (QED) is 0.583. The van der Waals surface area contributed by atoms with Crippen LogP contribution in [0.1, 0.15) is 15.9 Å². The molecule has 28 heavy (non-hydrogen) atoms. The number of hydrogen-bond donors (Lipinski definition) is 2. The van der Waals surface area contributed by atoms with Crippen molar-refractivity contribution in [2.45, 2.75) is 6.92 Å². The SMILES string of the molecule is COc1ccc(OCCNc2ccc(NC(=O)c3ccc(C)cc3)nn2)cc1. The zero-order valence-corrected chi connectivity index (χ0v) is 15.8. The number of carbonyl (C=O) groups excluding carboxylic acids is 1. The lowest BCUT2D eigenvalue weighted by Gasteiger charge is -2.09. The molecular formula is C21H22N4O3. The molecule has 0 aliphatic rings. The predicted molar refractivity (Wildman–Crippen MR) is 108 cm³/mol. The van der Waals surface area contributed by atoms with E-state index in [-0.39, 0.29) is 5.91 Å². The Balaban J connectivity index is 1.43. The molecule has 0 bridgehead atoms. The monoisotopic (exact) mass is 378 g/mol. The van der Waals surface area contributed by atoms with Crippen molar-refractivity contribution in [2.75, 3.05) is 30.9 Å². The van der Waals surface area contributed by atoms with Crippen LogP contribution in [0.5, 0.6) is 11.5 Å². The molecule has 1 aromatic heterocycles. The molecule has 0 radical (unpaired) electrons. The number of methoxy groups -OCH3 is 1. The predicted octanol–water partition coefficient (Wildman–Crippen LogP) is 3.54. The summed E-state index contributed by atoms with van der Waals surface area (Å²) < 4.78 is 10.7. The minimum absolute atomic E-state index is 0.220. The van der Waals surface area contributed by atoms with Gasteiger partial charge >= 0.3 is 0 Å². The van der Waals surface area contributed by atoms with Crippen molar-refractivity contribution >= 4 is 17.5 Å². The van der Waals surface area contributed by atoms with E-state index in [9.17, 15) is 4.79 Å². The molecule has 2 aromatic carbocycles. The molecule has 3 rings (SSSR count). The molecule has 144 valence electrons. The number of nitrogens with one attached hydrogen (secondary N) is 2. The number of amides is 1. The molecule has 0 unspecified atom stereocenters. The van der Waals surface area contributed by atoms with Gasteiger partial charge in [0.15, 0.2) is 5.82 Å². The Morgan fingerprint density at radius 1 is 0.893 bits per heavy atom. The van der Waals surface area contributed by atoms with E-state index in [1.165, 1.54) is 0 Å². The zero-order valence-electron chi connectivity index (χ0n) is 15.8. The van der Waals surface area contributed by atoms with Crippen molar-refractivity contribution in [2.24, 2.45) is 0 Å². The molecule has 0 saturated carbocycles. The number of aryl methyl sites for hydroxylation is 1. The summed E-state index contributed by atoms with van der Waals surface area (Å²) in [4.78, 5) is 12.2. The van der Waals surface area contributed by atoms with E-state index < -0.39 is 0 Å². The minimum Gasteiger partial charge on any atom is -0.497 e. The average molecular weight is 378 g/mol. The number of ether oxygens (including phenoxy) is 2. The number of nitrogens with zero attached hydrogens (tertiary/aromatic N) is 2. The maximum absolute atomic E-state index is 12.2. The molecule has 0 saturated heterocycles. The van der Waals surface area contributed by atoms with Crippen LogP contribution < -0.4 is 20.1 Å². The summed E-state index contributed by atoms with van der Waals surface area (Å²) in [6.07, 6.45) is 0. The second-order valence-corrected chi connectivity index (χ2v) is 6.07. The van der Waals surface area contributed by atoms with Gasteiger partial charge in [0.25, 0.3) is 5.91 Å². The van der Waals surface area contributed by atoms with Gasteiger partial charge in [0.2, 0.25) is 0 Å². The highest BCUT2D eigenvalue weighted by Gasteiger charge is 2.07. The largest absolute Gasteiger partial charge is 0.497 e. The second kappa shape index (κ2) is 9.36. The van der Waals surface area contributed by atoms with Gasteiger partial charge in [-0.15, -0.1) is 10.2 Å². The Morgan fingerprint density at radius 3 is 2.18 bits per heavy atom. The fraction of sp³-hybridized carbons (Fsp3) is 0.190. The maximum Gasteiger partial charge on any atom is 0.256 e. The third-order valence-corrected chi connectivity index (χ3v) is 3.96. The molecule has 1 heterocycles. The fourth-order valence-corrected chi connectivity index (χ4v) is 2.41. The number of anilines is 2. The van der Waals surface area contributed by atoms with Crippen LogP contribution in [0.15, 0.2) is 60.7 Å². The highest BCUT2D eigenvalue weighted by Crippen LogP contribution is 2.17. The van der Waals surface area contributed by atoms with Gasteiger partial charge in [-0.1, -0.05) is 17.7 Å². The van der Waals surface area contributed by atoms with Crippen molar-refractivity contribution in [1.29, 1.82) is 0 Å². The van der Waals surface area contributed by atoms with Crippen molar-refractivity contribution in [3.8, 4) is 11.5 Å². The van der Waals surface area contributed by atoms with Gasteiger partial charge in [0.05, 0.1) is 13.7 Å². The number of benzene rings is 2. The first-order valence-corrected chi connectivity index (χ1v) is 8.86. The molecule has 0 aliphatic carbocycles. The van der Waals surface area contributed by atoms with E-state index >= 15 is 0 Å². The van der Waals surface area contributed by atoms with Gasteiger partial charge in [-0.3, -0.25) is 4.79 Å². The van der Waals surface area contributed by atoms with E-state index in [4.69, 9.17) is 9.47 Å². The Bertz CT molecular complexity index is 894. The maximum atomic E-state index is 12.2. The van der Waals surface area contributed by atoms with E-state index in [0.717, 1.165) is 17.1 Å². The third-order valence-electron chi connectivity index (χ3n) is 3.96. The Hall–Kier alpha value is -3.61. The normalized spacial score (nSPS) is 10.2. The lowest BCUT2D eigenvalue weighted by atomic mass is 10.1. The van der Waals surface area contributed by atoms with Gasteiger partial charge in [-0.25, -0.2) is 0 Å². The summed E-state index contributed by atoms with van der Waals surface area (Å²) >= 11 is 0. The van der Waals surface area contributed by atoms with Gasteiger partial charge in [-0.05, 0) is 55.5 Å². The molecule has 0 atom stereocenters. The number of carbonyl (C=O) groups is 1. The van der Waals surface area contributed by atoms with Crippen LogP contribution in [0.25, 0.3) is 0 Å². The highest BCUT2D eigenvalue weighted by molar-refractivity contribution is 6.03. The molecule has 1 amide bonds. The molecular weight excluding hydrogens is 356 g/mol. The van der Waals surface area contributed by atoms with Gasteiger partial charge in [0.1, 0.15) is 23.9 Å². The fourth-order valence-electron chi connectivity index (χ4n) is 2.41. The Labute approximate surface area is 163 Å². The standard InChI is InChI=1S/C21H22N4O3/c1-15-3-5-16(6-4-15)21(26)23-20-12-11-19(24-25-20)22-13-14-28-18-9-7-17(27-2)8-10-18/h3-12H,13-14H2,1-2H3,(H,22,24)(H,23,25,26). The minimum atomic E-state index is -0.220. The van der Waals surface area contributed by atoms with Gasteiger partial charge < -0.3 is 20.1 Å². The van der Waals surface area contributed by atoms with E-state index in [2.05, 4.69) is 20.8 Å². The van der Waals surface area contributed by atoms with Crippen molar-refractivity contribution in [1.82, 2.24) is 10.2 Å². The lowest BCUT2D eigenvalue weighted by molar-refractivity contribution is 0.102. The Kier molecular flexibility index (Phi) is 6.41. The van der Waals surface area contributed by atoms with Crippen molar-refractivity contribution in [3.05, 3.63) is 71.8 Å². The molecule has 0 aliphatic heterocycles. The number of hydrogen-bond acceptors (Lipinski definition) is 6. The topological polar surface area (TPSA) is 85.4 Å². The number of aromatic nitrogens is 2. The van der Waals surface area contributed by atoms with Crippen LogP contribution in [-0.2, 0) is 0 Å². The highest BCUT2D eigenvalue weighted by atomic mass is 16.5. The van der Waals surface area contributed by atoms with E-state index in [0.29, 0.717) is 30.4 Å². The summed E-state index contributed by atoms with van der Waals surface area (Å²) in [6, 6.07) is 18.2. The molecule has 0 spiro atoms. The summed E-state index contributed by atoms with van der Waals surface area (Å²) in [7, 11) is 1.63. The van der Waals surface area contributed by atoms with E-state index in [1.807, 2.05) is 43.3 Å². The zero-order chi connectivity index (χ0) is 19.8. The molecule has 2 N–H and O–H groups in total. The molecule has 7 nitrogen and oxygen atoms in total. The van der Waals surface area contributed by atoms with Crippen LogP contribution in [0, 0.1) is 6.92 Å². The summed E-state index contributed by atoms with van der Waals surface area (Å²) in [5, 5.41) is 13.9. The summed E-state index contributed by atoms with van der Waals surface area (Å²) in [6.45, 7) is 3.01. The van der Waals surface area contributed by atoms with Crippen LogP contribution >= 0.6 is 0 Å². The smallest absolute Gasteiger partial charge is 0.256 e. The van der Waals surface area contributed by atoms with Crippen molar-refractivity contribution < 1.29 is 14.3 Å². The summed E-state index contributed by atoms with van der Waals surface area (Å²) in [5.41, 5.74) is 1.67. The third kappa shape index (κ3) is 5.44. The van der Waals surface area contributed by atoms with Crippen LogP contribution in [-0.4, -0.2) is 36.4 Å².